The van der Waals surface area contributed by atoms with Crippen LogP contribution in [0, 0.1) is 0 Å². The molecule has 0 saturated heterocycles. The van der Waals surface area contributed by atoms with Crippen LogP contribution in [0.1, 0.15) is 23.2 Å². The lowest BCUT2D eigenvalue weighted by atomic mass is 10.1. The molecule has 0 aliphatic rings. The highest BCUT2D eigenvalue weighted by atomic mass is 19.4. The second kappa shape index (κ2) is 6.87. The summed E-state index contributed by atoms with van der Waals surface area (Å²) in [6, 6.07) is 4.89. The molecule has 0 unspecified atom stereocenters. The quantitative estimate of drug-likeness (QED) is 0.669. The Morgan fingerprint density at radius 2 is 1.67 bits per heavy atom. The largest absolute Gasteiger partial charge is 0.471 e. The number of amides is 1. The Bertz CT molecular complexity index is 537. The number of esters is 1. The number of benzene rings is 1. The van der Waals surface area contributed by atoms with Gasteiger partial charge in [0.15, 0.2) is 5.78 Å². The monoisotopic (exact) mass is 303 g/mol. The first-order valence-corrected chi connectivity index (χ1v) is 5.82. The van der Waals surface area contributed by atoms with Crippen LogP contribution in [-0.2, 0) is 14.3 Å². The summed E-state index contributed by atoms with van der Waals surface area (Å²) in [4.78, 5) is 33.3. The number of halogens is 3. The van der Waals surface area contributed by atoms with Gasteiger partial charge in [-0.1, -0.05) is 0 Å². The topological polar surface area (TPSA) is 72.5 Å². The molecule has 8 heteroatoms. The van der Waals surface area contributed by atoms with Crippen molar-refractivity contribution in [2.75, 3.05) is 12.4 Å². The van der Waals surface area contributed by atoms with Gasteiger partial charge in [0, 0.05) is 17.7 Å². The van der Waals surface area contributed by atoms with Gasteiger partial charge in [0.05, 0.1) is 13.5 Å². The molecule has 0 heterocycles. The fourth-order valence-electron chi connectivity index (χ4n) is 1.40. The van der Waals surface area contributed by atoms with Crippen LogP contribution in [0.2, 0.25) is 0 Å². The van der Waals surface area contributed by atoms with E-state index in [-0.39, 0.29) is 29.9 Å². The highest BCUT2D eigenvalue weighted by Crippen LogP contribution is 2.19. The number of Topliss-reactive ketones (excluding diaryl/α,β-unsaturated/α-hetero) is 1. The smallest absolute Gasteiger partial charge is 0.469 e. The molecule has 0 fully saturated rings. The molecule has 0 aliphatic carbocycles. The molecule has 0 bridgehead atoms. The van der Waals surface area contributed by atoms with Crippen LogP contribution in [0.4, 0.5) is 18.9 Å². The lowest BCUT2D eigenvalue weighted by Gasteiger charge is -2.08. The predicted molar refractivity (Wildman–Crippen MR) is 66.7 cm³/mol. The third-order valence-electron chi connectivity index (χ3n) is 2.51. The van der Waals surface area contributed by atoms with Crippen LogP contribution in [0.5, 0.6) is 0 Å². The third kappa shape index (κ3) is 5.25. The molecule has 21 heavy (non-hydrogen) atoms. The minimum absolute atomic E-state index is 0.0685. The summed E-state index contributed by atoms with van der Waals surface area (Å²) < 4.78 is 40.5. The maximum absolute atomic E-state index is 12.0. The highest BCUT2D eigenvalue weighted by Gasteiger charge is 2.38. The van der Waals surface area contributed by atoms with E-state index in [0.717, 1.165) is 0 Å². The van der Waals surface area contributed by atoms with Gasteiger partial charge < -0.3 is 10.1 Å². The van der Waals surface area contributed by atoms with Gasteiger partial charge in [0.1, 0.15) is 0 Å². The van der Waals surface area contributed by atoms with E-state index in [1.165, 1.54) is 31.4 Å². The zero-order valence-electron chi connectivity index (χ0n) is 11.0. The minimum Gasteiger partial charge on any atom is -0.469 e. The summed E-state index contributed by atoms with van der Waals surface area (Å²) in [5, 5.41) is 1.66. The average molecular weight is 303 g/mol. The first kappa shape index (κ1) is 16.7. The predicted octanol–water partition coefficient (Wildman–Crippen LogP) is 2.32. The summed E-state index contributed by atoms with van der Waals surface area (Å²) in [6.45, 7) is 0. The van der Waals surface area contributed by atoms with Crippen LogP contribution >= 0.6 is 0 Å². The zero-order chi connectivity index (χ0) is 16.0. The van der Waals surface area contributed by atoms with E-state index in [0.29, 0.717) is 0 Å². The molecule has 5 nitrogen and oxygen atoms in total. The van der Waals surface area contributed by atoms with E-state index in [4.69, 9.17) is 0 Å². The van der Waals surface area contributed by atoms with Gasteiger partial charge in [0.2, 0.25) is 0 Å². The number of hydrogen-bond donors (Lipinski definition) is 1. The number of hydrogen-bond acceptors (Lipinski definition) is 4. The summed E-state index contributed by atoms with van der Waals surface area (Å²) in [6.07, 6.45) is -5.13. The van der Waals surface area contributed by atoms with Gasteiger partial charge >= 0.3 is 18.1 Å². The molecule has 0 aromatic heterocycles. The number of anilines is 1. The number of carbonyl (C=O) groups is 3. The molecule has 1 aromatic rings. The summed E-state index contributed by atoms with van der Waals surface area (Å²) in [7, 11) is 1.20. The van der Waals surface area contributed by atoms with Gasteiger partial charge in [-0.2, -0.15) is 13.2 Å². The van der Waals surface area contributed by atoms with Crippen molar-refractivity contribution in [1.82, 2.24) is 0 Å². The number of nitrogens with one attached hydrogen (secondary N) is 1. The maximum atomic E-state index is 12.0. The molecule has 1 aromatic carbocycles. The van der Waals surface area contributed by atoms with Crippen molar-refractivity contribution < 1.29 is 32.3 Å². The summed E-state index contributed by atoms with van der Waals surface area (Å²) >= 11 is 0. The van der Waals surface area contributed by atoms with Gasteiger partial charge in [-0.3, -0.25) is 14.4 Å². The minimum atomic E-state index is -4.98. The molecule has 0 aliphatic heterocycles. The second-order valence-electron chi connectivity index (χ2n) is 4.03. The van der Waals surface area contributed by atoms with Crippen molar-refractivity contribution in [2.24, 2.45) is 0 Å². The Labute approximate surface area is 118 Å². The fourth-order valence-corrected chi connectivity index (χ4v) is 1.40. The second-order valence-corrected chi connectivity index (χ2v) is 4.03. The maximum Gasteiger partial charge on any atom is 0.471 e. The standard InChI is InChI=1S/C13H12F3NO4/c1-21-11(19)7-6-10(18)8-2-4-9(5-3-8)17-12(20)13(14,15)16/h2-5H,6-7H2,1H3,(H,17,20). The van der Waals surface area contributed by atoms with Crippen LogP contribution in [0.15, 0.2) is 24.3 Å². The van der Waals surface area contributed by atoms with Gasteiger partial charge in [-0.15, -0.1) is 0 Å². The van der Waals surface area contributed by atoms with Crippen LogP contribution in [-0.4, -0.2) is 30.9 Å². The Morgan fingerprint density at radius 1 is 1.10 bits per heavy atom. The molecule has 114 valence electrons. The van der Waals surface area contributed by atoms with Gasteiger partial charge in [-0.25, -0.2) is 0 Å². The van der Waals surface area contributed by atoms with Gasteiger partial charge in [-0.05, 0) is 24.3 Å². The molecular weight excluding hydrogens is 291 g/mol. The molecule has 0 spiro atoms. The van der Waals surface area contributed by atoms with E-state index >= 15 is 0 Å². The van der Waals surface area contributed by atoms with Gasteiger partial charge in [0.25, 0.3) is 0 Å². The number of ketones is 1. The molecule has 0 radical (unpaired) electrons. The molecule has 1 N–H and O–H groups in total. The highest BCUT2D eigenvalue weighted by molar-refractivity contribution is 5.99. The number of ether oxygens (including phenoxy) is 1. The molecular formula is C13H12F3NO4. The Balaban J connectivity index is 2.63. The van der Waals surface area contributed by atoms with E-state index in [1.807, 2.05) is 0 Å². The van der Waals surface area contributed by atoms with Crippen molar-refractivity contribution in [3.05, 3.63) is 29.8 Å². The number of carbonyl (C=O) groups excluding carboxylic acids is 3. The lowest BCUT2D eigenvalue weighted by molar-refractivity contribution is -0.167. The number of methoxy groups -OCH3 is 1. The van der Waals surface area contributed by atoms with Crippen molar-refractivity contribution in [3.63, 3.8) is 0 Å². The van der Waals surface area contributed by atoms with E-state index in [1.54, 1.807) is 5.32 Å². The Morgan fingerprint density at radius 3 is 2.14 bits per heavy atom. The number of rotatable bonds is 5. The van der Waals surface area contributed by atoms with Crippen LogP contribution in [0.3, 0.4) is 0 Å². The fraction of sp³-hybridized carbons (Fsp3) is 0.308. The molecule has 1 rings (SSSR count). The Kier molecular flexibility index (Phi) is 5.45. The summed E-state index contributed by atoms with van der Waals surface area (Å²) in [5.74, 6) is -2.97. The first-order valence-electron chi connectivity index (χ1n) is 5.82. The van der Waals surface area contributed by atoms with E-state index in [2.05, 4.69) is 4.74 Å². The van der Waals surface area contributed by atoms with Crippen molar-refractivity contribution >= 4 is 23.3 Å². The van der Waals surface area contributed by atoms with E-state index < -0.39 is 18.1 Å². The van der Waals surface area contributed by atoms with E-state index in [9.17, 15) is 27.6 Å². The summed E-state index contributed by atoms with van der Waals surface area (Å²) in [5.41, 5.74) is 0.144. The molecule has 0 saturated carbocycles. The normalized spacial score (nSPS) is 10.9. The van der Waals surface area contributed by atoms with Crippen molar-refractivity contribution in [1.29, 1.82) is 0 Å². The average Bonchev–Trinajstić information content (AvgIpc) is 2.44. The van der Waals surface area contributed by atoms with Crippen LogP contribution in [0.25, 0.3) is 0 Å². The number of alkyl halides is 3. The lowest BCUT2D eigenvalue weighted by Crippen LogP contribution is -2.29. The first-order chi connectivity index (χ1) is 9.74. The zero-order valence-corrected chi connectivity index (χ0v) is 11.0. The van der Waals surface area contributed by atoms with Crippen LogP contribution < -0.4 is 5.32 Å². The Hall–Kier alpha value is -2.38. The van der Waals surface area contributed by atoms with Crippen molar-refractivity contribution in [2.45, 2.75) is 19.0 Å². The SMILES string of the molecule is COC(=O)CCC(=O)c1ccc(NC(=O)C(F)(F)F)cc1. The molecule has 0 atom stereocenters. The third-order valence-corrected chi connectivity index (χ3v) is 2.51. The van der Waals surface area contributed by atoms with Crippen molar-refractivity contribution in [3.8, 4) is 0 Å². The molecule has 1 amide bonds.